The number of amides is 1. The summed E-state index contributed by atoms with van der Waals surface area (Å²) < 4.78 is 3.44. The summed E-state index contributed by atoms with van der Waals surface area (Å²) in [6, 6.07) is 15.2. The molecule has 28 heavy (non-hydrogen) atoms. The summed E-state index contributed by atoms with van der Waals surface area (Å²) in [4.78, 5) is 30.5. The van der Waals surface area contributed by atoms with Gasteiger partial charge in [-0.2, -0.15) is 0 Å². The Balaban J connectivity index is 1.85. The number of aryl methyl sites for hydroxylation is 1. The summed E-state index contributed by atoms with van der Waals surface area (Å²) in [6.45, 7) is 5.86. The highest BCUT2D eigenvalue weighted by atomic mass is 16.2. The largest absolute Gasteiger partial charge is 0.324 e. The first-order valence-electron chi connectivity index (χ1n) is 9.36. The highest BCUT2D eigenvalue weighted by molar-refractivity contribution is 5.91. The number of carbonyl (C=O) groups is 1. The lowest BCUT2D eigenvalue weighted by Crippen LogP contribution is -2.28. The molecule has 142 valence electrons. The Labute approximate surface area is 162 Å². The van der Waals surface area contributed by atoms with Gasteiger partial charge in [-0.05, 0) is 44.0 Å². The third kappa shape index (κ3) is 2.87. The lowest BCUT2D eigenvalue weighted by atomic mass is 10.2. The number of benzene rings is 2. The Morgan fingerprint density at radius 1 is 1.07 bits per heavy atom. The molecule has 4 rings (SSSR count). The molecule has 1 N–H and O–H groups in total. The first-order chi connectivity index (χ1) is 13.5. The van der Waals surface area contributed by atoms with Gasteiger partial charge in [0.05, 0.1) is 11.0 Å². The maximum absolute atomic E-state index is 13.0. The molecular weight excluding hydrogens is 352 g/mol. The highest BCUT2D eigenvalue weighted by Gasteiger charge is 2.18. The molecule has 0 saturated carbocycles. The normalized spacial score (nSPS) is 11.2. The van der Waals surface area contributed by atoms with E-state index in [2.05, 4.69) is 10.3 Å². The molecule has 4 aromatic rings. The number of anilines is 1. The molecule has 0 aliphatic heterocycles. The lowest BCUT2D eigenvalue weighted by molar-refractivity contribution is -0.116. The predicted octanol–water partition coefficient (Wildman–Crippen LogP) is 3.47. The third-order valence-electron chi connectivity index (χ3n) is 5.16. The smallest absolute Gasteiger partial charge is 0.262 e. The summed E-state index contributed by atoms with van der Waals surface area (Å²) in [7, 11) is 0. The summed E-state index contributed by atoms with van der Waals surface area (Å²) >= 11 is 0. The van der Waals surface area contributed by atoms with E-state index in [0.29, 0.717) is 17.8 Å². The van der Waals surface area contributed by atoms with E-state index in [0.717, 1.165) is 28.0 Å². The SMILES string of the molecule is CCc1c(C)n(CC(=O)Nc2ccccc2C)c2nc3ccccc3n2c1=O. The molecule has 2 heterocycles. The van der Waals surface area contributed by atoms with Crippen LogP contribution in [0.15, 0.2) is 53.3 Å². The van der Waals surface area contributed by atoms with Crippen molar-refractivity contribution in [1.82, 2.24) is 14.0 Å². The fraction of sp³-hybridized carbons (Fsp3) is 0.227. The number of aromatic nitrogens is 3. The molecule has 0 spiro atoms. The molecule has 0 aliphatic carbocycles. The Hall–Kier alpha value is -3.41. The van der Waals surface area contributed by atoms with E-state index in [1.807, 2.05) is 73.9 Å². The Morgan fingerprint density at radius 2 is 1.79 bits per heavy atom. The zero-order valence-corrected chi connectivity index (χ0v) is 16.2. The molecule has 6 heteroatoms. The molecule has 0 saturated heterocycles. The predicted molar refractivity (Wildman–Crippen MR) is 111 cm³/mol. The first-order valence-corrected chi connectivity index (χ1v) is 9.36. The van der Waals surface area contributed by atoms with Crippen molar-refractivity contribution in [3.8, 4) is 0 Å². The average Bonchev–Trinajstić information content (AvgIpc) is 3.07. The van der Waals surface area contributed by atoms with Crippen molar-refractivity contribution in [3.63, 3.8) is 0 Å². The standard InChI is InChI=1S/C22H22N4O2/c1-4-16-15(3)25(13-20(27)23-17-10-6-5-9-14(17)2)22-24-18-11-7-8-12-19(18)26(22)21(16)28/h5-12H,4,13H2,1-3H3,(H,23,27). The van der Waals surface area contributed by atoms with E-state index in [1.165, 1.54) is 0 Å². The van der Waals surface area contributed by atoms with Crippen LogP contribution in [0, 0.1) is 13.8 Å². The molecule has 2 aromatic carbocycles. The minimum absolute atomic E-state index is 0.0701. The van der Waals surface area contributed by atoms with E-state index >= 15 is 0 Å². The monoisotopic (exact) mass is 374 g/mol. The number of carbonyl (C=O) groups excluding carboxylic acids is 1. The van der Waals surface area contributed by atoms with Crippen molar-refractivity contribution >= 4 is 28.4 Å². The van der Waals surface area contributed by atoms with Gasteiger partial charge in [0.2, 0.25) is 11.7 Å². The molecular formula is C22H22N4O2. The topological polar surface area (TPSA) is 68.4 Å². The van der Waals surface area contributed by atoms with E-state index < -0.39 is 0 Å². The maximum Gasteiger partial charge on any atom is 0.262 e. The quantitative estimate of drug-likeness (QED) is 0.595. The van der Waals surface area contributed by atoms with E-state index in [9.17, 15) is 9.59 Å². The number of nitrogens with one attached hydrogen (secondary N) is 1. The molecule has 0 radical (unpaired) electrons. The number of fused-ring (bicyclic) bond motifs is 3. The van der Waals surface area contributed by atoms with Crippen LogP contribution in [0.2, 0.25) is 0 Å². The number of imidazole rings is 1. The van der Waals surface area contributed by atoms with E-state index in [1.54, 1.807) is 4.40 Å². The second-order valence-corrected chi connectivity index (χ2v) is 6.91. The molecule has 1 amide bonds. The van der Waals surface area contributed by atoms with Gasteiger partial charge < -0.3 is 9.88 Å². The van der Waals surface area contributed by atoms with Crippen LogP contribution in [0.1, 0.15) is 23.7 Å². The Bertz CT molecular complexity index is 1270. The minimum atomic E-state index is -0.156. The number of para-hydroxylation sites is 3. The molecule has 0 fully saturated rings. The molecule has 0 atom stereocenters. The van der Waals surface area contributed by atoms with Crippen molar-refractivity contribution < 1.29 is 4.79 Å². The molecule has 0 aliphatic rings. The van der Waals surface area contributed by atoms with E-state index in [-0.39, 0.29) is 18.0 Å². The maximum atomic E-state index is 13.0. The van der Waals surface area contributed by atoms with Gasteiger partial charge in [0.1, 0.15) is 6.54 Å². The van der Waals surface area contributed by atoms with Gasteiger partial charge in [-0.25, -0.2) is 9.38 Å². The van der Waals surface area contributed by atoms with Crippen molar-refractivity contribution in [3.05, 3.63) is 75.7 Å². The minimum Gasteiger partial charge on any atom is -0.324 e. The summed E-state index contributed by atoms with van der Waals surface area (Å²) in [5.74, 6) is 0.331. The zero-order valence-electron chi connectivity index (χ0n) is 16.2. The zero-order chi connectivity index (χ0) is 19.8. The van der Waals surface area contributed by atoms with Crippen LogP contribution in [0.5, 0.6) is 0 Å². The number of nitrogens with zero attached hydrogens (tertiary/aromatic N) is 3. The van der Waals surface area contributed by atoms with Crippen molar-refractivity contribution in [1.29, 1.82) is 0 Å². The fourth-order valence-corrected chi connectivity index (χ4v) is 3.64. The van der Waals surface area contributed by atoms with Crippen molar-refractivity contribution in [2.24, 2.45) is 0 Å². The fourth-order valence-electron chi connectivity index (χ4n) is 3.64. The molecule has 6 nitrogen and oxygen atoms in total. The summed E-state index contributed by atoms with van der Waals surface area (Å²) in [6.07, 6.45) is 0.590. The van der Waals surface area contributed by atoms with Crippen LogP contribution in [0.3, 0.4) is 0 Å². The molecule has 0 bridgehead atoms. The summed E-state index contributed by atoms with van der Waals surface area (Å²) in [5, 5.41) is 2.96. The number of hydrogen-bond donors (Lipinski definition) is 1. The van der Waals surface area contributed by atoms with Gasteiger partial charge in [0.15, 0.2) is 0 Å². The van der Waals surface area contributed by atoms with Crippen molar-refractivity contribution in [2.45, 2.75) is 33.7 Å². The van der Waals surface area contributed by atoms with Gasteiger partial charge in [-0.1, -0.05) is 37.3 Å². The second kappa shape index (κ2) is 6.96. The second-order valence-electron chi connectivity index (χ2n) is 6.91. The number of rotatable bonds is 4. The Kier molecular flexibility index (Phi) is 4.47. The van der Waals surface area contributed by atoms with Gasteiger partial charge in [-0.3, -0.25) is 9.59 Å². The van der Waals surface area contributed by atoms with E-state index in [4.69, 9.17) is 0 Å². The third-order valence-corrected chi connectivity index (χ3v) is 5.16. The van der Waals surface area contributed by atoms with Crippen LogP contribution in [0.4, 0.5) is 5.69 Å². The average molecular weight is 374 g/mol. The summed E-state index contributed by atoms with van der Waals surface area (Å²) in [5.41, 5.74) is 4.67. The van der Waals surface area contributed by atoms with Crippen LogP contribution in [-0.4, -0.2) is 19.9 Å². The van der Waals surface area contributed by atoms with Gasteiger partial charge in [0.25, 0.3) is 5.56 Å². The van der Waals surface area contributed by atoms with Gasteiger partial charge >= 0.3 is 0 Å². The highest BCUT2D eigenvalue weighted by Crippen LogP contribution is 2.18. The van der Waals surface area contributed by atoms with Crippen LogP contribution in [0.25, 0.3) is 16.8 Å². The van der Waals surface area contributed by atoms with Crippen LogP contribution < -0.4 is 10.9 Å². The van der Waals surface area contributed by atoms with Gasteiger partial charge in [-0.15, -0.1) is 0 Å². The van der Waals surface area contributed by atoms with Crippen molar-refractivity contribution in [2.75, 3.05) is 5.32 Å². The first kappa shape index (κ1) is 18.0. The van der Waals surface area contributed by atoms with Crippen LogP contribution >= 0.6 is 0 Å². The molecule has 0 unspecified atom stereocenters. The Morgan fingerprint density at radius 3 is 2.54 bits per heavy atom. The number of hydrogen-bond acceptors (Lipinski definition) is 3. The van der Waals surface area contributed by atoms with Crippen LogP contribution in [-0.2, 0) is 17.8 Å². The lowest BCUT2D eigenvalue weighted by Gasteiger charge is -2.16. The van der Waals surface area contributed by atoms with Gasteiger partial charge in [0, 0.05) is 16.9 Å². The molecule has 2 aromatic heterocycles.